The average Bonchev–Trinajstić information content (AvgIpc) is 2.35. The van der Waals surface area contributed by atoms with Crippen molar-refractivity contribution in [3.8, 4) is 0 Å². The molecule has 0 spiro atoms. The number of rotatable bonds is 0. The fourth-order valence-electron chi connectivity index (χ4n) is 1.45. The molecule has 0 aliphatic heterocycles. The molecule has 0 saturated carbocycles. The van der Waals surface area contributed by atoms with Crippen LogP contribution < -0.4 is 0 Å². The second kappa shape index (κ2) is 1.95. The van der Waals surface area contributed by atoms with Gasteiger partial charge in [0, 0.05) is 12.3 Å². The smallest absolute Gasteiger partial charge is 0.266 e. The molecule has 0 fully saturated rings. The predicted molar refractivity (Wildman–Crippen MR) is 40.6 cm³/mol. The number of hydrogen-bond donors (Lipinski definition) is 1. The molecule has 0 aromatic carbocycles. The Morgan fingerprint density at radius 2 is 2.50 bits per heavy atom. The van der Waals surface area contributed by atoms with Crippen molar-refractivity contribution in [2.45, 2.75) is 25.7 Å². The predicted octanol–water partition coefficient (Wildman–Crippen LogP) is 2.39. The molecule has 1 aromatic rings. The molecule has 10 heavy (non-hydrogen) atoms. The van der Waals surface area contributed by atoms with Gasteiger partial charge in [-0.3, -0.25) is 0 Å². The van der Waals surface area contributed by atoms with Crippen LogP contribution in [0.15, 0.2) is 4.42 Å². The van der Waals surface area contributed by atoms with Crippen molar-refractivity contribution in [2.24, 2.45) is 0 Å². The molecule has 2 nitrogen and oxygen atoms in total. The molecule has 1 atom stereocenters. The Bertz CT molecular complexity index is 299. The van der Waals surface area contributed by atoms with Crippen molar-refractivity contribution in [3.05, 3.63) is 16.3 Å². The molecule has 54 valence electrons. The molecule has 1 aromatic heterocycles. The van der Waals surface area contributed by atoms with Crippen LogP contribution >= 0.6 is 12.2 Å². The van der Waals surface area contributed by atoms with E-state index in [1.165, 1.54) is 12.1 Å². The maximum atomic E-state index is 5.26. The van der Waals surface area contributed by atoms with E-state index in [0.29, 0.717) is 10.8 Å². The molecular weight excluding hydrogens is 146 g/mol. The molecule has 0 amide bonds. The number of aromatic amines is 1. The summed E-state index contributed by atoms with van der Waals surface area (Å²) in [6.07, 6.45) is 2.24. The first-order valence-corrected chi connectivity index (χ1v) is 3.90. The van der Waals surface area contributed by atoms with E-state index in [9.17, 15) is 0 Å². The van der Waals surface area contributed by atoms with E-state index < -0.39 is 0 Å². The van der Waals surface area contributed by atoms with E-state index in [2.05, 4.69) is 11.9 Å². The highest BCUT2D eigenvalue weighted by Crippen LogP contribution is 2.31. The van der Waals surface area contributed by atoms with Crippen LogP contribution in [0.5, 0.6) is 0 Å². The Kier molecular flexibility index (Phi) is 1.20. The van der Waals surface area contributed by atoms with E-state index >= 15 is 0 Å². The number of H-pyrrole nitrogens is 1. The fraction of sp³-hybridized carbons (Fsp3) is 0.571. The van der Waals surface area contributed by atoms with Crippen LogP contribution in [0.3, 0.4) is 0 Å². The van der Waals surface area contributed by atoms with Crippen molar-refractivity contribution in [1.29, 1.82) is 0 Å². The van der Waals surface area contributed by atoms with Gasteiger partial charge in [0.1, 0.15) is 5.76 Å². The van der Waals surface area contributed by atoms with Crippen LogP contribution in [0.25, 0.3) is 0 Å². The molecule has 1 heterocycles. The molecule has 2 rings (SSSR count). The maximum Gasteiger partial charge on any atom is 0.266 e. The lowest BCUT2D eigenvalue weighted by Gasteiger charge is -1.95. The van der Waals surface area contributed by atoms with E-state index in [-0.39, 0.29) is 0 Å². The largest absolute Gasteiger partial charge is 0.434 e. The molecule has 1 N–H and O–H groups in total. The zero-order valence-corrected chi connectivity index (χ0v) is 6.62. The molecule has 1 aliphatic carbocycles. The lowest BCUT2D eigenvalue weighted by molar-refractivity contribution is 0.491. The summed E-state index contributed by atoms with van der Waals surface area (Å²) in [6, 6.07) is 0. The summed E-state index contributed by atoms with van der Waals surface area (Å²) in [5.41, 5.74) is 1.21. The van der Waals surface area contributed by atoms with E-state index in [1.807, 2.05) is 0 Å². The van der Waals surface area contributed by atoms with Gasteiger partial charge in [0.25, 0.3) is 4.84 Å². The second-order valence-corrected chi connectivity index (χ2v) is 3.16. The maximum absolute atomic E-state index is 5.26. The van der Waals surface area contributed by atoms with Gasteiger partial charge >= 0.3 is 0 Å². The first-order valence-electron chi connectivity index (χ1n) is 3.49. The van der Waals surface area contributed by atoms with Crippen molar-refractivity contribution in [2.75, 3.05) is 0 Å². The summed E-state index contributed by atoms with van der Waals surface area (Å²) in [4.78, 5) is 3.58. The molecule has 3 heteroatoms. The van der Waals surface area contributed by atoms with E-state index in [0.717, 1.165) is 12.2 Å². The SMILES string of the molecule is CC1CCc2oc(=S)[nH]c21. The van der Waals surface area contributed by atoms with Crippen molar-refractivity contribution >= 4 is 12.2 Å². The number of hydrogen-bond acceptors (Lipinski definition) is 2. The zero-order chi connectivity index (χ0) is 7.14. The summed E-state index contributed by atoms with van der Waals surface area (Å²) in [6.45, 7) is 2.19. The number of aromatic nitrogens is 1. The van der Waals surface area contributed by atoms with Crippen molar-refractivity contribution < 1.29 is 4.42 Å². The number of aryl methyl sites for hydroxylation is 1. The average molecular weight is 155 g/mol. The summed E-state index contributed by atoms with van der Waals surface area (Å²) in [7, 11) is 0. The standard InChI is InChI=1S/C7H9NOS/c1-4-2-3-5-6(4)8-7(10)9-5/h4H,2-3H2,1H3,(H,8,10). The zero-order valence-electron chi connectivity index (χ0n) is 5.81. The summed E-state index contributed by atoms with van der Waals surface area (Å²) in [5, 5.41) is 0. The topological polar surface area (TPSA) is 28.9 Å². The van der Waals surface area contributed by atoms with Gasteiger partial charge in [-0.2, -0.15) is 0 Å². The molecule has 0 radical (unpaired) electrons. The first kappa shape index (κ1) is 6.16. The fourth-order valence-corrected chi connectivity index (χ4v) is 1.66. The normalized spacial score (nSPS) is 23.1. The van der Waals surface area contributed by atoms with Crippen LogP contribution in [0.4, 0.5) is 0 Å². The highest BCUT2D eigenvalue weighted by atomic mass is 32.1. The quantitative estimate of drug-likeness (QED) is 0.583. The third-order valence-corrected chi connectivity index (χ3v) is 2.24. The lowest BCUT2D eigenvalue weighted by atomic mass is 10.1. The monoisotopic (exact) mass is 155 g/mol. The van der Waals surface area contributed by atoms with Crippen LogP contribution in [-0.4, -0.2) is 4.98 Å². The van der Waals surface area contributed by atoms with Crippen LogP contribution in [0.2, 0.25) is 0 Å². The van der Waals surface area contributed by atoms with Gasteiger partial charge in [-0.15, -0.1) is 0 Å². The molecule has 0 saturated heterocycles. The van der Waals surface area contributed by atoms with Gasteiger partial charge in [0.2, 0.25) is 0 Å². The van der Waals surface area contributed by atoms with Gasteiger partial charge in [-0.1, -0.05) is 6.92 Å². The Balaban J connectivity index is 2.59. The van der Waals surface area contributed by atoms with Gasteiger partial charge in [0.05, 0.1) is 5.69 Å². The van der Waals surface area contributed by atoms with Crippen LogP contribution in [-0.2, 0) is 6.42 Å². The summed E-state index contributed by atoms with van der Waals surface area (Å²) < 4.78 is 5.26. The van der Waals surface area contributed by atoms with Gasteiger partial charge < -0.3 is 9.40 Å². The minimum absolute atomic E-state index is 0.525. The highest BCUT2D eigenvalue weighted by Gasteiger charge is 2.22. The molecule has 1 unspecified atom stereocenters. The van der Waals surface area contributed by atoms with E-state index in [4.69, 9.17) is 16.6 Å². The number of fused-ring (bicyclic) bond motifs is 1. The number of nitrogens with one attached hydrogen (secondary N) is 1. The van der Waals surface area contributed by atoms with Gasteiger partial charge in [0.15, 0.2) is 0 Å². The minimum Gasteiger partial charge on any atom is -0.434 e. The Labute approximate surface area is 64.3 Å². The van der Waals surface area contributed by atoms with Crippen molar-refractivity contribution in [3.63, 3.8) is 0 Å². The van der Waals surface area contributed by atoms with E-state index in [1.54, 1.807) is 0 Å². The second-order valence-electron chi connectivity index (χ2n) is 2.79. The highest BCUT2D eigenvalue weighted by molar-refractivity contribution is 7.71. The molecular formula is C7H9NOS. The summed E-state index contributed by atoms with van der Waals surface area (Å²) in [5.74, 6) is 1.67. The third kappa shape index (κ3) is 0.736. The molecule has 0 bridgehead atoms. The van der Waals surface area contributed by atoms with Gasteiger partial charge in [-0.05, 0) is 18.6 Å². The summed E-state index contributed by atoms with van der Waals surface area (Å²) >= 11 is 4.85. The Hall–Kier alpha value is -0.570. The third-order valence-electron chi connectivity index (χ3n) is 2.05. The Morgan fingerprint density at radius 3 is 3.20 bits per heavy atom. The minimum atomic E-state index is 0.525. The number of oxazole rings is 1. The Morgan fingerprint density at radius 1 is 1.70 bits per heavy atom. The van der Waals surface area contributed by atoms with Crippen LogP contribution in [0, 0.1) is 4.84 Å². The first-order chi connectivity index (χ1) is 4.77. The molecule has 1 aliphatic rings. The van der Waals surface area contributed by atoms with Crippen molar-refractivity contribution in [1.82, 2.24) is 4.98 Å². The lowest BCUT2D eigenvalue weighted by Crippen LogP contribution is -1.85. The van der Waals surface area contributed by atoms with Crippen LogP contribution in [0.1, 0.15) is 30.7 Å². The van der Waals surface area contributed by atoms with Gasteiger partial charge in [-0.25, -0.2) is 0 Å².